The van der Waals surface area contributed by atoms with Crippen LogP contribution in [0.5, 0.6) is 0 Å². The molecule has 0 bridgehead atoms. The molecule has 1 N–H and O–H groups in total. The maximum absolute atomic E-state index is 11.4. The van der Waals surface area contributed by atoms with Crippen molar-refractivity contribution < 1.29 is 4.79 Å². The van der Waals surface area contributed by atoms with Gasteiger partial charge in [-0.05, 0) is 32.0 Å². The average molecular weight is 323 g/mol. The number of rotatable bonds is 3. The number of pyridine rings is 1. The summed E-state index contributed by atoms with van der Waals surface area (Å²) >= 11 is 1.46. The van der Waals surface area contributed by atoms with E-state index in [1.54, 1.807) is 6.20 Å². The zero-order chi connectivity index (χ0) is 16.4. The van der Waals surface area contributed by atoms with E-state index in [2.05, 4.69) is 47.3 Å². The van der Waals surface area contributed by atoms with Gasteiger partial charge in [0.25, 0.3) is 0 Å². The first-order valence-electron chi connectivity index (χ1n) is 7.30. The largest absolute Gasteiger partial charge is 0.302 e. The number of nitrogens with zero attached hydrogens (tertiary/aromatic N) is 2. The lowest BCUT2D eigenvalue weighted by atomic mass is 10.0. The summed E-state index contributed by atoms with van der Waals surface area (Å²) in [6.07, 6.45) is 3.56. The molecule has 1 aromatic carbocycles. The molecule has 0 radical (unpaired) electrons. The molecule has 0 aliphatic carbocycles. The average Bonchev–Trinajstić information content (AvgIpc) is 2.90. The van der Waals surface area contributed by atoms with Gasteiger partial charge in [0.15, 0.2) is 5.13 Å². The van der Waals surface area contributed by atoms with Crippen LogP contribution >= 0.6 is 11.3 Å². The Hall–Kier alpha value is -2.53. The first-order chi connectivity index (χ1) is 11.0. The number of carbonyl (C=O) groups excluding carboxylic acids is 1. The summed E-state index contributed by atoms with van der Waals surface area (Å²) in [4.78, 5) is 21.2. The molecule has 0 aliphatic heterocycles. The molecular weight excluding hydrogens is 306 g/mol. The standard InChI is InChI=1S/C18H17N3OS/c1-11-7-12(2)9-15(8-11)16-17(14-5-4-6-19-10-14)23-18(21-16)20-13(3)22/h4-10H,1-3H3,(H,20,21,22). The van der Waals surface area contributed by atoms with Crippen LogP contribution in [0.2, 0.25) is 0 Å². The van der Waals surface area contributed by atoms with Crippen LogP contribution in [0.15, 0.2) is 42.7 Å². The zero-order valence-electron chi connectivity index (χ0n) is 13.3. The second kappa shape index (κ2) is 6.30. The summed E-state index contributed by atoms with van der Waals surface area (Å²) in [6.45, 7) is 5.63. The number of anilines is 1. The lowest BCUT2D eigenvalue weighted by Crippen LogP contribution is -2.04. The second-order valence-electron chi connectivity index (χ2n) is 5.50. The number of aromatic nitrogens is 2. The van der Waals surface area contributed by atoms with Crippen molar-refractivity contribution in [2.75, 3.05) is 5.32 Å². The lowest BCUT2D eigenvalue weighted by molar-refractivity contribution is -0.114. The highest BCUT2D eigenvalue weighted by Crippen LogP contribution is 2.39. The van der Waals surface area contributed by atoms with Crippen LogP contribution in [-0.2, 0) is 4.79 Å². The fourth-order valence-electron chi connectivity index (χ4n) is 2.52. The molecule has 1 amide bonds. The van der Waals surface area contributed by atoms with Crippen molar-refractivity contribution in [3.8, 4) is 21.7 Å². The van der Waals surface area contributed by atoms with Crippen LogP contribution in [0.3, 0.4) is 0 Å². The summed E-state index contributed by atoms with van der Waals surface area (Å²) in [5.41, 5.74) is 5.29. The fraction of sp³-hybridized carbons (Fsp3) is 0.167. The molecule has 2 aromatic heterocycles. The van der Waals surface area contributed by atoms with Gasteiger partial charge in [-0.25, -0.2) is 4.98 Å². The molecule has 0 unspecified atom stereocenters. The summed E-state index contributed by atoms with van der Waals surface area (Å²) < 4.78 is 0. The number of carbonyl (C=O) groups is 1. The third-order valence-corrected chi connectivity index (χ3v) is 4.35. The van der Waals surface area contributed by atoms with Crippen LogP contribution in [0, 0.1) is 13.8 Å². The highest BCUT2D eigenvalue weighted by Gasteiger charge is 2.16. The molecule has 116 valence electrons. The molecule has 0 aliphatic rings. The number of hydrogen-bond donors (Lipinski definition) is 1. The first-order valence-corrected chi connectivity index (χ1v) is 8.12. The molecule has 3 aromatic rings. The van der Waals surface area contributed by atoms with Gasteiger partial charge < -0.3 is 5.32 Å². The van der Waals surface area contributed by atoms with Gasteiger partial charge in [-0.15, -0.1) is 0 Å². The maximum Gasteiger partial charge on any atom is 0.223 e. The SMILES string of the molecule is CC(=O)Nc1nc(-c2cc(C)cc(C)c2)c(-c2cccnc2)s1. The summed E-state index contributed by atoms with van der Waals surface area (Å²) in [6, 6.07) is 10.3. The Labute approximate surface area is 139 Å². The van der Waals surface area contributed by atoms with Crippen molar-refractivity contribution in [2.45, 2.75) is 20.8 Å². The van der Waals surface area contributed by atoms with Crippen molar-refractivity contribution in [3.63, 3.8) is 0 Å². The fourth-order valence-corrected chi connectivity index (χ4v) is 3.55. The minimum atomic E-state index is -0.122. The van der Waals surface area contributed by atoms with Gasteiger partial charge in [-0.2, -0.15) is 0 Å². The zero-order valence-corrected chi connectivity index (χ0v) is 14.1. The molecule has 0 fully saturated rings. The van der Waals surface area contributed by atoms with E-state index in [1.807, 2.05) is 18.3 Å². The Morgan fingerprint density at radius 1 is 1.13 bits per heavy atom. The van der Waals surface area contributed by atoms with E-state index in [4.69, 9.17) is 0 Å². The molecular formula is C18H17N3OS. The van der Waals surface area contributed by atoms with Crippen LogP contribution in [-0.4, -0.2) is 15.9 Å². The lowest BCUT2D eigenvalue weighted by Gasteiger charge is -2.05. The first kappa shape index (κ1) is 15.4. The van der Waals surface area contributed by atoms with Gasteiger partial charge in [-0.3, -0.25) is 9.78 Å². The van der Waals surface area contributed by atoms with E-state index >= 15 is 0 Å². The Balaban J connectivity index is 2.17. The van der Waals surface area contributed by atoms with E-state index < -0.39 is 0 Å². The summed E-state index contributed by atoms with van der Waals surface area (Å²) in [5.74, 6) is -0.122. The minimum absolute atomic E-state index is 0.122. The topological polar surface area (TPSA) is 54.9 Å². The number of thiazole rings is 1. The monoisotopic (exact) mass is 323 g/mol. The van der Waals surface area contributed by atoms with Crippen molar-refractivity contribution in [3.05, 3.63) is 53.9 Å². The molecule has 2 heterocycles. The number of amides is 1. The van der Waals surface area contributed by atoms with Crippen LogP contribution < -0.4 is 5.32 Å². The molecule has 0 atom stereocenters. The summed E-state index contributed by atoms with van der Waals surface area (Å²) in [7, 11) is 0. The predicted octanol–water partition coefficient (Wildman–Crippen LogP) is 4.45. The normalized spacial score (nSPS) is 10.6. The van der Waals surface area contributed by atoms with Gasteiger partial charge in [0.05, 0.1) is 10.6 Å². The van der Waals surface area contributed by atoms with Crippen molar-refractivity contribution in [1.82, 2.24) is 9.97 Å². The smallest absolute Gasteiger partial charge is 0.223 e. The van der Waals surface area contributed by atoms with E-state index in [9.17, 15) is 4.79 Å². The Morgan fingerprint density at radius 2 is 1.87 bits per heavy atom. The highest BCUT2D eigenvalue weighted by atomic mass is 32.1. The molecule has 0 saturated carbocycles. The number of aryl methyl sites for hydroxylation is 2. The van der Waals surface area contributed by atoms with Gasteiger partial charge >= 0.3 is 0 Å². The highest BCUT2D eigenvalue weighted by molar-refractivity contribution is 7.19. The number of hydrogen-bond acceptors (Lipinski definition) is 4. The van der Waals surface area contributed by atoms with Crippen LogP contribution in [0.25, 0.3) is 21.7 Å². The molecule has 4 nitrogen and oxygen atoms in total. The van der Waals surface area contributed by atoms with Crippen molar-refractivity contribution in [1.29, 1.82) is 0 Å². The summed E-state index contributed by atoms with van der Waals surface area (Å²) in [5, 5.41) is 3.38. The predicted molar refractivity (Wildman–Crippen MR) is 94.6 cm³/mol. The van der Waals surface area contributed by atoms with Gasteiger partial charge in [0.2, 0.25) is 5.91 Å². The Kier molecular flexibility index (Phi) is 4.21. The Bertz CT molecular complexity index is 836. The molecule has 23 heavy (non-hydrogen) atoms. The van der Waals surface area contributed by atoms with Crippen molar-refractivity contribution in [2.24, 2.45) is 0 Å². The third kappa shape index (κ3) is 3.46. The minimum Gasteiger partial charge on any atom is -0.302 e. The van der Waals surface area contributed by atoms with Gasteiger partial charge in [-0.1, -0.05) is 34.6 Å². The Morgan fingerprint density at radius 3 is 2.48 bits per heavy atom. The molecule has 0 saturated heterocycles. The van der Waals surface area contributed by atoms with Crippen molar-refractivity contribution >= 4 is 22.4 Å². The van der Waals surface area contributed by atoms with E-state index in [0.717, 1.165) is 21.7 Å². The van der Waals surface area contributed by atoms with E-state index in [1.165, 1.54) is 29.4 Å². The van der Waals surface area contributed by atoms with Gasteiger partial charge in [0, 0.05) is 30.4 Å². The number of nitrogens with one attached hydrogen (secondary N) is 1. The molecule has 5 heteroatoms. The molecule has 0 spiro atoms. The number of benzene rings is 1. The van der Waals surface area contributed by atoms with E-state index in [-0.39, 0.29) is 5.91 Å². The quantitative estimate of drug-likeness (QED) is 0.775. The van der Waals surface area contributed by atoms with Gasteiger partial charge in [0.1, 0.15) is 0 Å². The second-order valence-corrected chi connectivity index (χ2v) is 6.50. The molecule has 3 rings (SSSR count). The van der Waals surface area contributed by atoms with E-state index in [0.29, 0.717) is 5.13 Å². The van der Waals surface area contributed by atoms with Crippen LogP contribution in [0.1, 0.15) is 18.1 Å². The third-order valence-electron chi connectivity index (χ3n) is 3.33. The maximum atomic E-state index is 11.4. The van der Waals surface area contributed by atoms with Crippen LogP contribution in [0.4, 0.5) is 5.13 Å².